The van der Waals surface area contributed by atoms with E-state index in [1.165, 1.54) is 12.1 Å². The average molecular weight is 540 g/mol. The van der Waals surface area contributed by atoms with E-state index in [0.29, 0.717) is 30.6 Å². The Bertz CT molecular complexity index is 1380. The van der Waals surface area contributed by atoms with Crippen molar-refractivity contribution in [1.82, 2.24) is 29.8 Å². The van der Waals surface area contributed by atoms with Gasteiger partial charge >= 0.3 is 6.11 Å². The van der Waals surface area contributed by atoms with Gasteiger partial charge in [0.05, 0.1) is 12.6 Å². The van der Waals surface area contributed by atoms with Crippen LogP contribution in [0.5, 0.6) is 5.75 Å². The first-order chi connectivity index (χ1) is 18.7. The number of aromatic nitrogens is 5. The Kier molecular flexibility index (Phi) is 7.84. The van der Waals surface area contributed by atoms with E-state index in [1.54, 1.807) is 18.3 Å². The van der Waals surface area contributed by atoms with Crippen LogP contribution in [0, 0.1) is 6.92 Å². The number of aliphatic hydroxyl groups is 1. The van der Waals surface area contributed by atoms with Gasteiger partial charge in [0.15, 0.2) is 5.69 Å². The molecule has 0 amide bonds. The highest BCUT2D eigenvalue weighted by atomic mass is 19.3. The molecule has 0 saturated carbocycles. The molecule has 4 aromatic rings. The van der Waals surface area contributed by atoms with Crippen LogP contribution in [0.1, 0.15) is 31.0 Å². The predicted molar refractivity (Wildman–Crippen MR) is 140 cm³/mol. The molecule has 0 spiro atoms. The molecule has 0 atom stereocenters. The summed E-state index contributed by atoms with van der Waals surface area (Å²) in [4.78, 5) is 11.2. The fourth-order valence-corrected chi connectivity index (χ4v) is 4.43. The highest BCUT2D eigenvalue weighted by Gasteiger charge is 2.23. The van der Waals surface area contributed by atoms with E-state index in [2.05, 4.69) is 35.2 Å². The molecule has 0 radical (unpaired) electrons. The Hall–Kier alpha value is -3.90. The third-order valence-electron chi connectivity index (χ3n) is 6.48. The van der Waals surface area contributed by atoms with Crippen molar-refractivity contribution in [1.29, 1.82) is 0 Å². The maximum atomic E-state index is 13.1. The van der Waals surface area contributed by atoms with Crippen LogP contribution in [0.4, 0.5) is 14.6 Å². The number of aryl methyl sites for hydroxylation is 1. The first kappa shape index (κ1) is 26.7. The fourth-order valence-electron chi connectivity index (χ4n) is 4.43. The lowest BCUT2D eigenvalue weighted by molar-refractivity contribution is -0.158. The van der Waals surface area contributed by atoms with E-state index in [4.69, 9.17) is 4.52 Å². The lowest BCUT2D eigenvalue weighted by Gasteiger charge is -2.29. The molecule has 1 aromatic carbocycles. The highest BCUT2D eigenvalue weighted by molar-refractivity contribution is 5.59. The maximum absolute atomic E-state index is 13.1. The van der Waals surface area contributed by atoms with Gasteiger partial charge in [0.2, 0.25) is 5.82 Å². The minimum Gasteiger partial charge on any atom is -0.433 e. The summed E-state index contributed by atoms with van der Waals surface area (Å²) in [5.74, 6) is 1.42. The van der Waals surface area contributed by atoms with Gasteiger partial charge in [-0.05, 0) is 67.8 Å². The predicted octanol–water partition coefficient (Wildman–Crippen LogP) is 4.21. The molecule has 4 heterocycles. The minimum absolute atomic E-state index is 0.0431. The van der Waals surface area contributed by atoms with Crippen LogP contribution in [0.25, 0.3) is 23.0 Å². The van der Waals surface area contributed by atoms with E-state index in [1.807, 2.05) is 29.8 Å². The molecule has 39 heavy (non-hydrogen) atoms. The van der Waals surface area contributed by atoms with Crippen LogP contribution in [0.3, 0.4) is 0 Å². The first-order valence-corrected chi connectivity index (χ1v) is 12.9. The number of pyridine rings is 1. The molecule has 0 aliphatic carbocycles. The highest BCUT2D eigenvalue weighted by Crippen LogP contribution is 2.26. The zero-order valence-electron chi connectivity index (χ0n) is 21.8. The monoisotopic (exact) mass is 539 g/mol. The smallest absolute Gasteiger partial charge is 0.394 e. The molecule has 12 heteroatoms. The number of hydrogen-bond donors (Lipinski definition) is 2. The average Bonchev–Trinajstić information content (AvgIpc) is 3.52. The number of rotatable bonds is 10. The third kappa shape index (κ3) is 7.15. The van der Waals surface area contributed by atoms with Crippen LogP contribution in [0.2, 0.25) is 0 Å². The zero-order chi connectivity index (χ0) is 27.4. The van der Waals surface area contributed by atoms with E-state index in [9.17, 15) is 13.9 Å². The quantitative estimate of drug-likeness (QED) is 0.306. The van der Waals surface area contributed by atoms with Crippen LogP contribution < -0.4 is 10.1 Å². The zero-order valence-corrected chi connectivity index (χ0v) is 21.8. The second-order valence-electron chi connectivity index (χ2n) is 9.73. The molecular weight excluding hydrogens is 508 g/mol. The van der Waals surface area contributed by atoms with E-state index < -0.39 is 6.11 Å². The van der Waals surface area contributed by atoms with Gasteiger partial charge < -0.3 is 24.6 Å². The van der Waals surface area contributed by atoms with Crippen LogP contribution >= 0.6 is 0 Å². The molecular formula is C27H31F2N7O3. The van der Waals surface area contributed by atoms with Gasteiger partial charge in [-0.3, -0.25) is 4.68 Å². The van der Waals surface area contributed by atoms with Crippen LogP contribution in [-0.2, 0) is 6.54 Å². The summed E-state index contributed by atoms with van der Waals surface area (Å²) in [6.07, 6.45) is 0.00540. The van der Waals surface area contributed by atoms with Gasteiger partial charge in [0.1, 0.15) is 11.6 Å². The largest absolute Gasteiger partial charge is 0.433 e. The number of nitrogens with one attached hydrogen (secondary N) is 1. The lowest BCUT2D eigenvalue weighted by atomic mass is 10.1. The summed E-state index contributed by atoms with van der Waals surface area (Å²) in [7, 11) is 0. The number of benzene rings is 1. The first-order valence-electron chi connectivity index (χ1n) is 12.9. The maximum Gasteiger partial charge on any atom is 0.394 e. The van der Waals surface area contributed by atoms with E-state index in [0.717, 1.165) is 56.1 Å². The van der Waals surface area contributed by atoms with Gasteiger partial charge in [-0.25, -0.2) is 4.98 Å². The minimum atomic E-state index is -3.26. The fraction of sp³-hybridized carbons (Fsp3) is 0.407. The van der Waals surface area contributed by atoms with Gasteiger partial charge in [-0.1, -0.05) is 5.16 Å². The van der Waals surface area contributed by atoms with Crippen LogP contribution in [0.15, 0.2) is 53.2 Å². The molecule has 0 bridgehead atoms. The van der Waals surface area contributed by atoms with Crippen molar-refractivity contribution in [3.8, 4) is 28.7 Å². The standard InChI is InChI=1S/C27H31F2N7O3/c1-18-15-23(26-32-25(34-39-26)20-3-5-22(6-4-20)38-27(2,28)29)33-36(18)17-19-7-10-30-24(16-19)31-11-14-35-12-8-21(37)9-13-35/h3-7,10,15-16,21,37H,8-9,11-14,17H2,1-2H3,(H,30,31). The van der Waals surface area contributed by atoms with Crippen molar-refractivity contribution in [2.75, 3.05) is 31.5 Å². The third-order valence-corrected chi connectivity index (χ3v) is 6.48. The molecule has 10 nitrogen and oxygen atoms in total. The van der Waals surface area contributed by atoms with Gasteiger partial charge in [0, 0.05) is 50.6 Å². The van der Waals surface area contributed by atoms with Gasteiger partial charge in [-0.2, -0.15) is 18.9 Å². The topological polar surface area (TPSA) is 114 Å². The summed E-state index contributed by atoms with van der Waals surface area (Å²) < 4.78 is 37.9. The molecule has 1 fully saturated rings. The second-order valence-corrected chi connectivity index (χ2v) is 9.73. The molecule has 0 unspecified atom stereocenters. The number of piperidine rings is 1. The number of hydrogen-bond acceptors (Lipinski definition) is 9. The van der Waals surface area contributed by atoms with Gasteiger partial charge in [-0.15, -0.1) is 0 Å². The molecule has 2 N–H and O–H groups in total. The molecule has 1 saturated heterocycles. The second kappa shape index (κ2) is 11.5. The van der Waals surface area contributed by atoms with Crippen molar-refractivity contribution in [2.24, 2.45) is 0 Å². The van der Waals surface area contributed by atoms with Crippen LogP contribution in [-0.4, -0.2) is 73.3 Å². The van der Waals surface area contributed by atoms with Crippen molar-refractivity contribution in [2.45, 2.75) is 45.4 Å². The number of ether oxygens (including phenoxy) is 1. The van der Waals surface area contributed by atoms with Crippen molar-refractivity contribution in [3.05, 3.63) is 59.9 Å². The number of nitrogens with zero attached hydrogens (tertiary/aromatic N) is 6. The van der Waals surface area contributed by atoms with E-state index >= 15 is 0 Å². The number of aliphatic hydroxyl groups excluding tert-OH is 1. The summed E-state index contributed by atoms with van der Waals surface area (Å²) in [6.45, 7) is 6.68. The number of anilines is 1. The Morgan fingerprint density at radius 2 is 1.92 bits per heavy atom. The molecule has 1 aliphatic heterocycles. The Balaban J connectivity index is 1.20. The van der Waals surface area contributed by atoms with Gasteiger partial charge in [0.25, 0.3) is 5.89 Å². The number of halogens is 2. The summed E-state index contributed by atoms with van der Waals surface area (Å²) >= 11 is 0. The SMILES string of the molecule is Cc1cc(-c2nc(-c3ccc(OC(C)(F)F)cc3)no2)nn1Cc1ccnc(NCCN2CCC(O)CC2)c1. The summed E-state index contributed by atoms with van der Waals surface area (Å²) in [5.41, 5.74) is 3.10. The van der Waals surface area contributed by atoms with Crippen molar-refractivity contribution < 1.29 is 23.1 Å². The van der Waals surface area contributed by atoms with E-state index in [-0.39, 0.29) is 17.7 Å². The number of alkyl halides is 2. The molecule has 3 aromatic heterocycles. The normalized spacial score (nSPS) is 15.0. The molecule has 5 rings (SSSR count). The Labute approximate surface area is 224 Å². The Morgan fingerprint density at radius 3 is 2.67 bits per heavy atom. The number of likely N-dealkylation sites (tertiary alicyclic amines) is 1. The lowest BCUT2D eigenvalue weighted by Crippen LogP contribution is -2.38. The van der Waals surface area contributed by atoms with Crippen molar-refractivity contribution >= 4 is 5.82 Å². The molecule has 206 valence electrons. The van der Waals surface area contributed by atoms with Crippen molar-refractivity contribution in [3.63, 3.8) is 0 Å². The molecule has 1 aliphatic rings. The summed E-state index contributed by atoms with van der Waals surface area (Å²) in [6, 6.07) is 11.9. The summed E-state index contributed by atoms with van der Waals surface area (Å²) in [5, 5.41) is 21.7. The Morgan fingerprint density at radius 1 is 1.15 bits per heavy atom.